The summed E-state index contributed by atoms with van der Waals surface area (Å²) in [5, 5.41) is 6.82. The van der Waals surface area contributed by atoms with E-state index in [-0.39, 0.29) is 11.5 Å². The van der Waals surface area contributed by atoms with Crippen molar-refractivity contribution in [1.82, 2.24) is 25.4 Å². The lowest BCUT2D eigenvalue weighted by Gasteiger charge is -2.39. The van der Waals surface area contributed by atoms with Gasteiger partial charge in [0.1, 0.15) is 28.5 Å². The Morgan fingerprint density at radius 2 is 2.06 bits per heavy atom. The minimum absolute atomic E-state index is 0.188. The van der Waals surface area contributed by atoms with E-state index in [9.17, 15) is 9.18 Å². The number of hydrogen-bond donors (Lipinski definition) is 1. The number of rotatable bonds is 4. The number of aromatic nitrogens is 4. The number of amides is 1. The van der Waals surface area contributed by atoms with Gasteiger partial charge in [-0.3, -0.25) is 14.8 Å². The summed E-state index contributed by atoms with van der Waals surface area (Å²) in [6, 6.07) is 11.7. The molecule has 1 N–H and O–H groups in total. The Morgan fingerprint density at radius 1 is 1.16 bits per heavy atom. The van der Waals surface area contributed by atoms with Gasteiger partial charge >= 0.3 is 0 Å². The van der Waals surface area contributed by atoms with Gasteiger partial charge in [0.2, 0.25) is 12.2 Å². The van der Waals surface area contributed by atoms with E-state index in [4.69, 9.17) is 9.26 Å². The summed E-state index contributed by atoms with van der Waals surface area (Å²) in [4.78, 5) is 26.0. The molecule has 1 aliphatic rings. The van der Waals surface area contributed by atoms with E-state index in [2.05, 4.69) is 25.4 Å². The fourth-order valence-electron chi connectivity index (χ4n) is 3.81. The highest BCUT2D eigenvalue weighted by atomic mass is 19.1. The van der Waals surface area contributed by atoms with Crippen LogP contribution in [-0.2, 0) is 5.54 Å². The molecule has 9 heteroatoms. The van der Waals surface area contributed by atoms with Gasteiger partial charge in [0, 0.05) is 24.4 Å². The maximum absolute atomic E-state index is 14.5. The number of fused-ring (bicyclic) bond motifs is 1. The van der Waals surface area contributed by atoms with E-state index < -0.39 is 11.4 Å². The number of carbonyl (C=O) groups is 1. The summed E-state index contributed by atoms with van der Waals surface area (Å²) in [5.74, 6) is 0.130. The number of pyridine rings is 2. The fraction of sp³-hybridized carbons (Fsp3) is 0.174. The van der Waals surface area contributed by atoms with Crippen LogP contribution in [0.15, 0.2) is 65.8 Å². The standard InChI is InChI=1S/C23H18FN5O3/c1-14-4-6-16(11-17(14)24)23(8-10-31-19-3-2-9-25-20(19)23)28-22(30)18-7-5-15(12-26-18)21-27-13-32-29-21/h2-7,9,11-13H,8,10H2,1H3,(H,28,30)/t23-/m0/s1. The van der Waals surface area contributed by atoms with Gasteiger partial charge in [-0.2, -0.15) is 4.98 Å². The van der Waals surface area contributed by atoms with Crippen LogP contribution >= 0.6 is 0 Å². The Kier molecular flexibility index (Phi) is 4.85. The molecule has 1 aliphatic heterocycles. The lowest BCUT2D eigenvalue weighted by atomic mass is 9.81. The highest BCUT2D eigenvalue weighted by Crippen LogP contribution is 2.41. The van der Waals surface area contributed by atoms with Crippen molar-refractivity contribution in [3.05, 3.63) is 89.6 Å². The van der Waals surface area contributed by atoms with Crippen molar-refractivity contribution in [3.8, 4) is 17.1 Å². The van der Waals surface area contributed by atoms with Crippen molar-refractivity contribution >= 4 is 5.91 Å². The van der Waals surface area contributed by atoms with Crippen LogP contribution in [-0.4, -0.2) is 32.6 Å². The van der Waals surface area contributed by atoms with Crippen LogP contribution in [0.3, 0.4) is 0 Å². The molecule has 0 radical (unpaired) electrons. The zero-order valence-electron chi connectivity index (χ0n) is 17.1. The molecule has 1 atom stereocenters. The lowest BCUT2D eigenvalue weighted by Crippen LogP contribution is -2.50. The third-order valence-corrected chi connectivity index (χ3v) is 5.52. The second-order valence-electron chi connectivity index (χ2n) is 7.46. The smallest absolute Gasteiger partial charge is 0.270 e. The number of halogens is 1. The highest BCUT2D eigenvalue weighted by molar-refractivity contribution is 5.93. The van der Waals surface area contributed by atoms with Crippen LogP contribution in [0.25, 0.3) is 11.4 Å². The minimum atomic E-state index is -1.07. The zero-order valence-corrected chi connectivity index (χ0v) is 17.1. The molecule has 0 aliphatic carbocycles. The Hall–Kier alpha value is -4.14. The lowest BCUT2D eigenvalue weighted by molar-refractivity contribution is 0.0878. The number of hydrogen-bond acceptors (Lipinski definition) is 7. The van der Waals surface area contributed by atoms with E-state index in [0.29, 0.717) is 47.0 Å². The first kappa shape index (κ1) is 19.8. The van der Waals surface area contributed by atoms with Crippen LogP contribution in [0.5, 0.6) is 5.75 Å². The largest absolute Gasteiger partial charge is 0.491 e. The van der Waals surface area contributed by atoms with Crippen molar-refractivity contribution in [2.75, 3.05) is 6.61 Å². The monoisotopic (exact) mass is 431 g/mol. The highest BCUT2D eigenvalue weighted by Gasteiger charge is 2.43. The SMILES string of the molecule is Cc1ccc([C@@]2(NC(=O)c3ccc(-c4ncon4)cn3)CCOc3cccnc32)cc1F. The molecular formula is C23H18FN5O3. The molecule has 1 aromatic carbocycles. The fourth-order valence-corrected chi connectivity index (χ4v) is 3.81. The summed E-state index contributed by atoms with van der Waals surface area (Å²) in [5.41, 5.74) is 1.35. The van der Waals surface area contributed by atoms with Crippen molar-refractivity contribution in [2.45, 2.75) is 18.9 Å². The number of ether oxygens (including phenoxy) is 1. The summed E-state index contributed by atoms with van der Waals surface area (Å²) >= 11 is 0. The van der Waals surface area contributed by atoms with Gasteiger partial charge in [-0.25, -0.2) is 4.39 Å². The van der Waals surface area contributed by atoms with Gasteiger partial charge in [-0.05, 0) is 48.4 Å². The van der Waals surface area contributed by atoms with E-state index in [1.165, 1.54) is 18.7 Å². The zero-order chi connectivity index (χ0) is 22.1. The van der Waals surface area contributed by atoms with E-state index in [0.717, 1.165) is 0 Å². The molecule has 5 rings (SSSR count). The Bertz CT molecular complexity index is 1280. The van der Waals surface area contributed by atoms with Gasteiger partial charge in [0.25, 0.3) is 5.91 Å². The van der Waals surface area contributed by atoms with E-state index >= 15 is 0 Å². The molecule has 32 heavy (non-hydrogen) atoms. The molecule has 0 saturated heterocycles. The first-order valence-electron chi connectivity index (χ1n) is 9.97. The molecule has 4 aromatic rings. The van der Waals surface area contributed by atoms with Crippen LogP contribution in [0.2, 0.25) is 0 Å². The summed E-state index contributed by atoms with van der Waals surface area (Å²) in [7, 11) is 0. The molecule has 0 saturated carbocycles. The normalized spacial score (nSPS) is 17.3. The predicted octanol–water partition coefficient (Wildman–Crippen LogP) is 3.43. The molecule has 0 unspecified atom stereocenters. The van der Waals surface area contributed by atoms with E-state index in [1.54, 1.807) is 49.5 Å². The molecule has 4 heterocycles. The summed E-state index contributed by atoms with van der Waals surface area (Å²) < 4.78 is 25.0. The number of nitrogens with one attached hydrogen (secondary N) is 1. The van der Waals surface area contributed by atoms with Crippen molar-refractivity contribution in [2.24, 2.45) is 0 Å². The van der Waals surface area contributed by atoms with Crippen LogP contribution < -0.4 is 10.1 Å². The van der Waals surface area contributed by atoms with Gasteiger partial charge in [-0.1, -0.05) is 17.3 Å². The van der Waals surface area contributed by atoms with Gasteiger partial charge in [0.15, 0.2) is 0 Å². The third kappa shape index (κ3) is 3.37. The van der Waals surface area contributed by atoms with Crippen LogP contribution in [0.1, 0.15) is 33.7 Å². The Morgan fingerprint density at radius 3 is 2.81 bits per heavy atom. The average molecular weight is 431 g/mol. The van der Waals surface area contributed by atoms with Gasteiger partial charge in [-0.15, -0.1) is 0 Å². The topological polar surface area (TPSA) is 103 Å². The quantitative estimate of drug-likeness (QED) is 0.528. The maximum Gasteiger partial charge on any atom is 0.270 e. The molecule has 160 valence electrons. The molecular weight excluding hydrogens is 413 g/mol. The molecule has 0 fully saturated rings. The van der Waals surface area contributed by atoms with Gasteiger partial charge < -0.3 is 14.6 Å². The molecule has 0 spiro atoms. The molecule has 0 bridgehead atoms. The van der Waals surface area contributed by atoms with Crippen molar-refractivity contribution in [1.29, 1.82) is 0 Å². The van der Waals surface area contributed by atoms with Crippen LogP contribution in [0.4, 0.5) is 4.39 Å². The van der Waals surface area contributed by atoms with Crippen LogP contribution in [0, 0.1) is 12.7 Å². The Labute approximate surface area is 182 Å². The Balaban J connectivity index is 1.55. The predicted molar refractivity (Wildman–Crippen MR) is 111 cm³/mol. The van der Waals surface area contributed by atoms with Crippen molar-refractivity contribution < 1.29 is 18.4 Å². The second kappa shape index (κ2) is 7.84. The molecule has 1 amide bonds. The molecule has 8 nitrogen and oxygen atoms in total. The second-order valence-corrected chi connectivity index (χ2v) is 7.46. The maximum atomic E-state index is 14.5. The first-order valence-corrected chi connectivity index (χ1v) is 9.97. The average Bonchev–Trinajstić information content (AvgIpc) is 3.36. The summed E-state index contributed by atoms with van der Waals surface area (Å²) in [6.45, 7) is 2.02. The number of benzene rings is 1. The number of nitrogens with zero attached hydrogens (tertiary/aromatic N) is 4. The third-order valence-electron chi connectivity index (χ3n) is 5.52. The van der Waals surface area contributed by atoms with Gasteiger partial charge in [0.05, 0.1) is 6.61 Å². The number of carbonyl (C=O) groups excluding carboxylic acids is 1. The summed E-state index contributed by atoms with van der Waals surface area (Å²) in [6.07, 6.45) is 4.72. The molecule has 3 aromatic heterocycles. The van der Waals surface area contributed by atoms with E-state index in [1.807, 2.05) is 0 Å². The first-order chi connectivity index (χ1) is 15.6. The number of aryl methyl sites for hydroxylation is 1. The minimum Gasteiger partial charge on any atom is -0.491 e. The van der Waals surface area contributed by atoms with Crippen molar-refractivity contribution in [3.63, 3.8) is 0 Å².